The molecular weight excluding hydrogens is 338 g/mol. The number of aryl methyl sites for hydroxylation is 1. The summed E-state index contributed by atoms with van der Waals surface area (Å²) in [6, 6.07) is 13.9. The molecule has 0 amide bonds. The Kier molecular flexibility index (Phi) is 5.04. The lowest BCUT2D eigenvalue weighted by atomic mass is 10.2. The minimum atomic E-state index is -3.65. The normalized spacial score (nSPS) is 11.2. The fourth-order valence-electron chi connectivity index (χ4n) is 2.26. The number of nitrogens with one attached hydrogen (secondary N) is 2. The summed E-state index contributed by atoms with van der Waals surface area (Å²) < 4.78 is 32.5. The first-order valence-corrected chi connectivity index (χ1v) is 9.39. The maximum absolute atomic E-state index is 12.4. The molecule has 7 heteroatoms. The smallest absolute Gasteiger partial charge is 0.263 e. The van der Waals surface area contributed by atoms with Crippen LogP contribution < -0.4 is 10.0 Å². The molecule has 1 aromatic carbocycles. The van der Waals surface area contributed by atoms with E-state index in [0.717, 1.165) is 23.4 Å². The van der Waals surface area contributed by atoms with Gasteiger partial charge in [0.2, 0.25) is 0 Å². The van der Waals surface area contributed by atoms with Crippen molar-refractivity contribution in [2.45, 2.75) is 24.8 Å². The Labute approximate surface area is 147 Å². The van der Waals surface area contributed by atoms with E-state index in [4.69, 9.17) is 4.42 Å². The number of sulfonamides is 1. The summed E-state index contributed by atoms with van der Waals surface area (Å²) in [5.74, 6) is 1.07. The van der Waals surface area contributed by atoms with Gasteiger partial charge in [-0.15, -0.1) is 0 Å². The molecule has 2 heterocycles. The Balaban J connectivity index is 1.65. The third-order valence-electron chi connectivity index (χ3n) is 3.69. The van der Waals surface area contributed by atoms with Gasteiger partial charge in [0, 0.05) is 0 Å². The maximum Gasteiger partial charge on any atom is 0.263 e. The standard InChI is InChI=1S/C18H19N3O3S/c1-2-14-5-8-17(9-6-14)25(22,23)21-18-10-7-15(12-20-18)19-13-16-4-3-11-24-16/h3-12,19H,2,13H2,1H3,(H,20,21). The third kappa shape index (κ3) is 4.39. The van der Waals surface area contributed by atoms with E-state index in [-0.39, 0.29) is 10.7 Å². The highest BCUT2D eigenvalue weighted by atomic mass is 32.2. The number of nitrogens with zero attached hydrogens (tertiary/aromatic N) is 1. The largest absolute Gasteiger partial charge is 0.467 e. The molecule has 0 aliphatic carbocycles. The molecule has 0 aliphatic heterocycles. The fourth-order valence-corrected chi connectivity index (χ4v) is 3.27. The van der Waals surface area contributed by atoms with Crippen LogP contribution in [0.15, 0.2) is 70.3 Å². The fraction of sp³-hybridized carbons (Fsp3) is 0.167. The zero-order valence-corrected chi connectivity index (χ0v) is 14.6. The van der Waals surface area contributed by atoms with Gasteiger partial charge in [0.25, 0.3) is 10.0 Å². The second-order valence-corrected chi connectivity index (χ2v) is 7.15. The molecule has 3 aromatic rings. The number of rotatable bonds is 7. The van der Waals surface area contributed by atoms with Crippen LogP contribution in [0.1, 0.15) is 18.2 Å². The van der Waals surface area contributed by atoms with Gasteiger partial charge in [0.05, 0.1) is 29.6 Å². The average molecular weight is 357 g/mol. The van der Waals surface area contributed by atoms with E-state index < -0.39 is 10.0 Å². The Morgan fingerprint density at radius 1 is 1.08 bits per heavy atom. The summed E-state index contributed by atoms with van der Waals surface area (Å²) in [7, 11) is -3.65. The lowest BCUT2D eigenvalue weighted by molar-refractivity contribution is 0.518. The van der Waals surface area contributed by atoms with E-state index in [2.05, 4.69) is 15.0 Å². The van der Waals surface area contributed by atoms with Crippen molar-refractivity contribution in [2.24, 2.45) is 0 Å². The first-order valence-electron chi connectivity index (χ1n) is 7.91. The molecule has 2 N–H and O–H groups in total. The van der Waals surface area contributed by atoms with E-state index in [1.54, 1.807) is 36.7 Å². The molecule has 25 heavy (non-hydrogen) atoms. The molecule has 0 saturated carbocycles. The topological polar surface area (TPSA) is 84.2 Å². The van der Waals surface area contributed by atoms with Crippen molar-refractivity contribution >= 4 is 21.5 Å². The minimum Gasteiger partial charge on any atom is -0.467 e. The van der Waals surface area contributed by atoms with Crippen LogP contribution >= 0.6 is 0 Å². The predicted octanol–water partition coefficient (Wildman–Crippen LogP) is 3.65. The second kappa shape index (κ2) is 7.40. The highest BCUT2D eigenvalue weighted by Gasteiger charge is 2.14. The number of hydrogen-bond donors (Lipinski definition) is 2. The highest BCUT2D eigenvalue weighted by molar-refractivity contribution is 7.92. The number of benzene rings is 1. The van der Waals surface area contributed by atoms with E-state index in [1.807, 2.05) is 31.2 Å². The Bertz CT molecular complexity index is 903. The summed E-state index contributed by atoms with van der Waals surface area (Å²) in [4.78, 5) is 4.35. The van der Waals surface area contributed by atoms with Crippen molar-refractivity contribution in [3.05, 3.63) is 72.3 Å². The SMILES string of the molecule is CCc1ccc(S(=O)(=O)Nc2ccc(NCc3ccco3)cn2)cc1. The van der Waals surface area contributed by atoms with Crippen LogP contribution in [0.5, 0.6) is 0 Å². The summed E-state index contributed by atoms with van der Waals surface area (Å²) in [5.41, 5.74) is 1.86. The van der Waals surface area contributed by atoms with Crippen molar-refractivity contribution in [3.8, 4) is 0 Å². The van der Waals surface area contributed by atoms with Crippen molar-refractivity contribution in [3.63, 3.8) is 0 Å². The zero-order valence-electron chi connectivity index (χ0n) is 13.8. The quantitative estimate of drug-likeness (QED) is 0.674. The summed E-state index contributed by atoms with van der Waals surface area (Å²) in [5, 5.41) is 3.15. The summed E-state index contributed by atoms with van der Waals surface area (Å²) >= 11 is 0. The number of aromatic nitrogens is 1. The Morgan fingerprint density at radius 3 is 2.48 bits per heavy atom. The maximum atomic E-state index is 12.4. The minimum absolute atomic E-state index is 0.214. The van der Waals surface area contributed by atoms with Gasteiger partial charge >= 0.3 is 0 Å². The number of hydrogen-bond acceptors (Lipinski definition) is 5. The van der Waals surface area contributed by atoms with Gasteiger partial charge in [-0.25, -0.2) is 13.4 Å². The van der Waals surface area contributed by atoms with Gasteiger partial charge in [0.15, 0.2) is 0 Å². The number of pyridine rings is 1. The van der Waals surface area contributed by atoms with Crippen LogP contribution in [0.4, 0.5) is 11.5 Å². The molecule has 0 radical (unpaired) electrons. The lowest BCUT2D eigenvalue weighted by Gasteiger charge is -2.09. The van der Waals surface area contributed by atoms with Crippen molar-refractivity contribution < 1.29 is 12.8 Å². The average Bonchev–Trinajstić information content (AvgIpc) is 3.14. The van der Waals surface area contributed by atoms with E-state index >= 15 is 0 Å². The monoisotopic (exact) mass is 357 g/mol. The van der Waals surface area contributed by atoms with Crippen LogP contribution in [-0.4, -0.2) is 13.4 Å². The Hall–Kier alpha value is -2.80. The molecule has 0 unspecified atom stereocenters. The molecule has 0 bridgehead atoms. The van der Waals surface area contributed by atoms with Gasteiger partial charge < -0.3 is 9.73 Å². The van der Waals surface area contributed by atoms with Crippen LogP contribution in [0.25, 0.3) is 0 Å². The third-order valence-corrected chi connectivity index (χ3v) is 5.06. The second-order valence-electron chi connectivity index (χ2n) is 5.47. The molecule has 0 fully saturated rings. The van der Waals surface area contributed by atoms with Gasteiger partial charge in [-0.3, -0.25) is 4.72 Å². The van der Waals surface area contributed by atoms with Crippen LogP contribution in [0, 0.1) is 0 Å². The molecule has 0 saturated heterocycles. The van der Waals surface area contributed by atoms with Crippen molar-refractivity contribution in [1.82, 2.24) is 4.98 Å². The van der Waals surface area contributed by atoms with Crippen LogP contribution in [-0.2, 0) is 23.0 Å². The van der Waals surface area contributed by atoms with Gasteiger partial charge in [0.1, 0.15) is 11.6 Å². The first kappa shape index (κ1) is 17.0. The van der Waals surface area contributed by atoms with Gasteiger partial charge in [-0.2, -0.15) is 0 Å². The van der Waals surface area contributed by atoms with Crippen molar-refractivity contribution in [1.29, 1.82) is 0 Å². The Morgan fingerprint density at radius 2 is 1.88 bits per heavy atom. The van der Waals surface area contributed by atoms with Crippen LogP contribution in [0.3, 0.4) is 0 Å². The lowest BCUT2D eigenvalue weighted by Crippen LogP contribution is -2.14. The van der Waals surface area contributed by atoms with Gasteiger partial charge in [-0.1, -0.05) is 19.1 Å². The predicted molar refractivity (Wildman–Crippen MR) is 96.9 cm³/mol. The highest BCUT2D eigenvalue weighted by Crippen LogP contribution is 2.17. The molecule has 0 spiro atoms. The first-order chi connectivity index (χ1) is 12.1. The molecule has 0 atom stereocenters. The van der Waals surface area contributed by atoms with Crippen molar-refractivity contribution in [2.75, 3.05) is 10.0 Å². The molecule has 2 aromatic heterocycles. The van der Waals surface area contributed by atoms with E-state index in [1.165, 1.54) is 0 Å². The van der Waals surface area contributed by atoms with E-state index in [0.29, 0.717) is 6.54 Å². The summed E-state index contributed by atoms with van der Waals surface area (Å²) in [6.45, 7) is 2.55. The zero-order chi connectivity index (χ0) is 17.7. The molecular formula is C18H19N3O3S. The molecule has 130 valence electrons. The van der Waals surface area contributed by atoms with E-state index in [9.17, 15) is 8.42 Å². The molecule has 6 nitrogen and oxygen atoms in total. The number of furan rings is 1. The summed E-state index contributed by atoms with van der Waals surface area (Å²) in [6.07, 6.45) is 4.04. The molecule has 0 aliphatic rings. The van der Waals surface area contributed by atoms with Gasteiger partial charge in [-0.05, 0) is 48.4 Å². The van der Waals surface area contributed by atoms with Crippen LogP contribution in [0.2, 0.25) is 0 Å². The molecule has 3 rings (SSSR count). The number of anilines is 2.